The number of aromatic nitrogens is 1. The maximum absolute atomic E-state index is 5.72. The van der Waals surface area contributed by atoms with Crippen LogP contribution in [0.25, 0.3) is 0 Å². The van der Waals surface area contributed by atoms with E-state index in [2.05, 4.69) is 18.8 Å². The molecule has 0 aliphatic heterocycles. The summed E-state index contributed by atoms with van der Waals surface area (Å²) in [6.07, 6.45) is 2.93. The van der Waals surface area contributed by atoms with Crippen molar-refractivity contribution in [2.75, 3.05) is 5.73 Å². The molecular weight excluding hydrogens is 180 g/mol. The zero-order chi connectivity index (χ0) is 9.68. The predicted octanol–water partition coefficient (Wildman–Crippen LogP) is 2.70. The minimum Gasteiger partial charge on any atom is -0.383 e. The number of thioether (sulfide) groups is 1. The maximum Gasteiger partial charge on any atom is 0.127 e. The van der Waals surface area contributed by atoms with Gasteiger partial charge in [0.2, 0.25) is 0 Å². The second-order valence-corrected chi connectivity index (χ2v) is 4.50. The molecule has 0 aliphatic rings. The molecule has 0 radical (unpaired) electrons. The Morgan fingerprint density at radius 3 is 3.00 bits per heavy atom. The summed E-state index contributed by atoms with van der Waals surface area (Å²) in [5, 5.41) is 0.694. The number of nitrogen functional groups attached to an aromatic ring is 1. The molecule has 0 saturated carbocycles. The number of pyridine rings is 1. The highest BCUT2D eigenvalue weighted by atomic mass is 32.2. The van der Waals surface area contributed by atoms with Crippen LogP contribution in [0.4, 0.5) is 5.82 Å². The van der Waals surface area contributed by atoms with Crippen LogP contribution >= 0.6 is 11.8 Å². The third-order valence-corrected chi connectivity index (χ3v) is 3.40. The van der Waals surface area contributed by atoms with Gasteiger partial charge in [-0.2, -0.15) is 11.8 Å². The van der Waals surface area contributed by atoms with Gasteiger partial charge >= 0.3 is 0 Å². The van der Waals surface area contributed by atoms with E-state index in [1.165, 1.54) is 6.42 Å². The van der Waals surface area contributed by atoms with E-state index in [9.17, 15) is 0 Å². The van der Waals surface area contributed by atoms with E-state index in [1.807, 2.05) is 23.9 Å². The largest absolute Gasteiger partial charge is 0.383 e. The van der Waals surface area contributed by atoms with E-state index in [0.717, 1.165) is 11.3 Å². The number of anilines is 1. The van der Waals surface area contributed by atoms with Crippen LogP contribution in [0.2, 0.25) is 0 Å². The first-order chi connectivity index (χ1) is 6.24. The summed E-state index contributed by atoms with van der Waals surface area (Å²) >= 11 is 1.92. The molecular formula is C10H16N2S. The summed E-state index contributed by atoms with van der Waals surface area (Å²) in [6.45, 7) is 4.43. The van der Waals surface area contributed by atoms with Gasteiger partial charge in [0.05, 0.1) is 0 Å². The second-order valence-electron chi connectivity index (χ2n) is 3.08. The molecule has 2 nitrogen and oxygen atoms in total. The molecule has 0 fully saturated rings. The van der Waals surface area contributed by atoms with Crippen molar-refractivity contribution >= 4 is 17.6 Å². The van der Waals surface area contributed by atoms with Gasteiger partial charge in [0.25, 0.3) is 0 Å². The van der Waals surface area contributed by atoms with Gasteiger partial charge in [-0.15, -0.1) is 0 Å². The first kappa shape index (κ1) is 10.4. The van der Waals surface area contributed by atoms with Crippen molar-refractivity contribution < 1.29 is 0 Å². The fourth-order valence-electron chi connectivity index (χ4n) is 0.923. The zero-order valence-electron chi connectivity index (χ0n) is 8.16. The Bertz CT molecular complexity index is 263. The van der Waals surface area contributed by atoms with E-state index in [-0.39, 0.29) is 0 Å². The molecule has 0 bridgehead atoms. The summed E-state index contributed by atoms with van der Waals surface area (Å²) in [7, 11) is 0. The van der Waals surface area contributed by atoms with Crippen molar-refractivity contribution in [3.8, 4) is 0 Å². The zero-order valence-corrected chi connectivity index (χ0v) is 8.97. The molecule has 0 spiro atoms. The average Bonchev–Trinajstić information content (AvgIpc) is 2.16. The van der Waals surface area contributed by atoms with Crippen LogP contribution in [-0.4, -0.2) is 10.2 Å². The summed E-state index contributed by atoms with van der Waals surface area (Å²) in [6, 6.07) is 3.97. The molecule has 1 atom stereocenters. The van der Waals surface area contributed by atoms with Gasteiger partial charge in [-0.1, -0.05) is 19.9 Å². The number of nitrogens with two attached hydrogens (primary N) is 1. The summed E-state index contributed by atoms with van der Waals surface area (Å²) in [5.74, 6) is 1.63. The Morgan fingerprint density at radius 2 is 2.38 bits per heavy atom. The molecule has 2 N–H and O–H groups in total. The quantitative estimate of drug-likeness (QED) is 0.804. The van der Waals surface area contributed by atoms with Gasteiger partial charge in [0, 0.05) is 22.8 Å². The van der Waals surface area contributed by atoms with Crippen molar-refractivity contribution in [1.29, 1.82) is 0 Å². The van der Waals surface area contributed by atoms with E-state index in [4.69, 9.17) is 5.73 Å². The molecule has 1 aromatic heterocycles. The molecule has 0 amide bonds. The molecule has 1 rings (SSSR count). The van der Waals surface area contributed by atoms with Gasteiger partial charge in [0.1, 0.15) is 5.82 Å². The van der Waals surface area contributed by atoms with E-state index < -0.39 is 0 Å². The predicted molar refractivity (Wildman–Crippen MR) is 59.7 cm³/mol. The van der Waals surface area contributed by atoms with Crippen molar-refractivity contribution in [3.05, 3.63) is 23.9 Å². The van der Waals surface area contributed by atoms with Gasteiger partial charge in [-0.05, 0) is 12.5 Å². The van der Waals surface area contributed by atoms with Crippen LogP contribution in [0.1, 0.15) is 25.8 Å². The number of rotatable bonds is 4. The lowest BCUT2D eigenvalue weighted by Gasteiger charge is -2.08. The average molecular weight is 196 g/mol. The standard InChI is InChI=1S/C10H16N2S/c1-3-8(2)13-7-9-5-4-6-12-10(9)11/h4-6,8H,3,7H2,1-2H3,(H2,11,12). The van der Waals surface area contributed by atoms with Crippen LogP contribution < -0.4 is 5.73 Å². The van der Waals surface area contributed by atoms with E-state index in [1.54, 1.807) is 6.20 Å². The number of hydrogen-bond acceptors (Lipinski definition) is 3. The van der Waals surface area contributed by atoms with Crippen LogP contribution in [0.5, 0.6) is 0 Å². The Labute approximate surface area is 83.9 Å². The molecule has 3 heteroatoms. The maximum atomic E-state index is 5.72. The third kappa shape index (κ3) is 3.27. The van der Waals surface area contributed by atoms with Crippen molar-refractivity contribution in [2.24, 2.45) is 0 Å². The van der Waals surface area contributed by atoms with Crippen LogP contribution in [0.3, 0.4) is 0 Å². The highest BCUT2D eigenvalue weighted by Gasteiger charge is 2.02. The normalized spacial score (nSPS) is 12.8. The van der Waals surface area contributed by atoms with Crippen LogP contribution in [-0.2, 0) is 5.75 Å². The highest BCUT2D eigenvalue weighted by molar-refractivity contribution is 7.99. The van der Waals surface area contributed by atoms with E-state index in [0.29, 0.717) is 11.1 Å². The fraction of sp³-hybridized carbons (Fsp3) is 0.500. The topological polar surface area (TPSA) is 38.9 Å². The van der Waals surface area contributed by atoms with Gasteiger partial charge in [-0.3, -0.25) is 0 Å². The first-order valence-electron chi connectivity index (χ1n) is 4.55. The molecule has 13 heavy (non-hydrogen) atoms. The summed E-state index contributed by atoms with van der Waals surface area (Å²) in [4.78, 5) is 4.05. The smallest absolute Gasteiger partial charge is 0.127 e. The Hall–Kier alpha value is -0.700. The van der Waals surface area contributed by atoms with Gasteiger partial charge in [-0.25, -0.2) is 4.98 Å². The van der Waals surface area contributed by atoms with Crippen LogP contribution in [0, 0.1) is 0 Å². The molecule has 0 saturated heterocycles. The summed E-state index contributed by atoms with van der Waals surface area (Å²) in [5.41, 5.74) is 6.87. The SMILES string of the molecule is CCC(C)SCc1cccnc1N. The lowest BCUT2D eigenvalue weighted by atomic mass is 10.3. The molecule has 0 aliphatic carbocycles. The molecule has 1 unspecified atom stereocenters. The molecule has 72 valence electrons. The van der Waals surface area contributed by atoms with Crippen molar-refractivity contribution in [1.82, 2.24) is 4.98 Å². The lowest BCUT2D eigenvalue weighted by molar-refractivity contribution is 0.905. The lowest BCUT2D eigenvalue weighted by Crippen LogP contribution is -1.98. The summed E-state index contributed by atoms with van der Waals surface area (Å²) < 4.78 is 0. The van der Waals surface area contributed by atoms with Crippen molar-refractivity contribution in [2.45, 2.75) is 31.3 Å². The van der Waals surface area contributed by atoms with Crippen molar-refractivity contribution in [3.63, 3.8) is 0 Å². The second kappa shape index (κ2) is 5.12. The molecule has 1 heterocycles. The monoisotopic (exact) mass is 196 g/mol. The Kier molecular flexibility index (Phi) is 4.09. The minimum atomic E-state index is 0.665. The Balaban J connectivity index is 2.50. The highest BCUT2D eigenvalue weighted by Crippen LogP contribution is 2.21. The molecule has 1 aromatic rings. The Morgan fingerprint density at radius 1 is 1.62 bits per heavy atom. The van der Waals surface area contributed by atoms with Gasteiger partial charge in [0.15, 0.2) is 0 Å². The first-order valence-corrected chi connectivity index (χ1v) is 5.60. The fourth-order valence-corrected chi connectivity index (χ4v) is 1.87. The van der Waals surface area contributed by atoms with E-state index >= 15 is 0 Å². The number of hydrogen-bond donors (Lipinski definition) is 1. The third-order valence-electron chi connectivity index (χ3n) is 2.02. The van der Waals surface area contributed by atoms with Gasteiger partial charge < -0.3 is 5.73 Å². The minimum absolute atomic E-state index is 0.665. The number of nitrogens with zero attached hydrogens (tertiary/aromatic N) is 1. The molecule has 0 aromatic carbocycles. The van der Waals surface area contributed by atoms with Crippen LogP contribution in [0.15, 0.2) is 18.3 Å².